The van der Waals surface area contributed by atoms with E-state index in [2.05, 4.69) is 10.3 Å². The van der Waals surface area contributed by atoms with Gasteiger partial charge >= 0.3 is 0 Å². The second-order valence-electron chi connectivity index (χ2n) is 5.32. The molecule has 24 heavy (non-hydrogen) atoms. The molecule has 130 valence electrons. The van der Waals surface area contributed by atoms with Crippen LogP contribution in [0.3, 0.4) is 0 Å². The standard InChI is InChI=1S/C17H24N4O3/c1-4-20(5-2)17(23)15-19-14(13-9-6-7-11-21(13)15)16(22)18-10-8-12-24-3/h6-7,9,11H,4-5,8,10,12H2,1-3H3,(H,18,22). The van der Waals surface area contributed by atoms with Crippen molar-refractivity contribution >= 4 is 17.3 Å². The zero-order valence-corrected chi connectivity index (χ0v) is 14.4. The number of aromatic nitrogens is 2. The summed E-state index contributed by atoms with van der Waals surface area (Å²) in [5, 5.41) is 2.82. The fourth-order valence-electron chi connectivity index (χ4n) is 2.51. The summed E-state index contributed by atoms with van der Waals surface area (Å²) < 4.78 is 6.64. The average Bonchev–Trinajstić information content (AvgIpc) is 2.99. The molecule has 0 aromatic carbocycles. The van der Waals surface area contributed by atoms with Crippen molar-refractivity contribution in [2.45, 2.75) is 20.3 Å². The molecule has 2 heterocycles. The molecule has 0 aliphatic carbocycles. The Balaban J connectivity index is 2.31. The Hall–Kier alpha value is -2.41. The van der Waals surface area contributed by atoms with Gasteiger partial charge in [0, 0.05) is 39.5 Å². The lowest BCUT2D eigenvalue weighted by Gasteiger charge is -2.17. The van der Waals surface area contributed by atoms with Gasteiger partial charge in [0.2, 0.25) is 5.82 Å². The fraction of sp³-hybridized carbons (Fsp3) is 0.471. The molecule has 2 rings (SSSR count). The molecule has 0 saturated heterocycles. The summed E-state index contributed by atoms with van der Waals surface area (Å²) in [6.45, 7) is 6.10. The van der Waals surface area contributed by atoms with E-state index in [4.69, 9.17) is 4.74 Å². The van der Waals surface area contributed by atoms with E-state index in [9.17, 15) is 9.59 Å². The number of rotatable bonds is 8. The molecule has 0 spiro atoms. The van der Waals surface area contributed by atoms with Crippen molar-refractivity contribution in [1.29, 1.82) is 0 Å². The van der Waals surface area contributed by atoms with Gasteiger partial charge in [0.25, 0.3) is 11.8 Å². The highest BCUT2D eigenvalue weighted by atomic mass is 16.5. The molecule has 7 nitrogen and oxygen atoms in total. The molecule has 0 aliphatic rings. The third-order valence-electron chi connectivity index (χ3n) is 3.82. The van der Waals surface area contributed by atoms with E-state index >= 15 is 0 Å². The van der Waals surface area contributed by atoms with E-state index in [1.54, 1.807) is 28.7 Å². The topological polar surface area (TPSA) is 75.9 Å². The Bertz CT molecular complexity index is 707. The summed E-state index contributed by atoms with van der Waals surface area (Å²) in [6.07, 6.45) is 2.47. The van der Waals surface area contributed by atoms with Crippen molar-refractivity contribution in [3.8, 4) is 0 Å². The molecule has 1 N–H and O–H groups in total. The van der Waals surface area contributed by atoms with Gasteiger partial charge in [-0.1, -0.05) is 6.07 Å². The van der Waals surface area contributed by atoms with Crippen LogP contribution in [0, 0.1) is 0 Å². The molecular weight excluding hydrogens is 308 g/mol. The number of ether oxygens (including phenoxy) is 1. The van der Waals surface area contributed by atoms with Crippen LogP contribution in [0.15, 0.2) is 24.4 Å². The number of nitrogens with zero attached hydrogens (tertiary/aromatic N) is 3. The lowest BCUT2D eigenvalue weighted by molar-refractivity contribution is 0.0760. The van der Waals surface area contributed by atoms with Crippen LogP contribution >= 0.6 is 0 Å². The van der Waals surface area contributed by atoms with Gasteiger partial charge in [-0.2, -0.15) is 0 Å². The molecular formula is C17H24N4O3. The summed E-state index contributed by atoms with van der Waals surface area (Å²) in [5.41, 5.74) is 0.890. The summed E-state index contributed by atoms with van der Waals surface area (Å²) >= 11 is 0. The first-order valence-corrected chi connectivity index (χ1v) is 8.17. The zero-order chi connectivity index (χ0) is 17.5. The van der Waals surface area contributed by atoms with Gasteiger partial charge in [-0.05, 0) is 32.4 Å². The molecule has 0 atom stereocenters. The van der Waals surface area contributed by atoms with Crippen molar-refractivity contribution in [3.05, 3.63) is 35.9 Å². The lowest BCUT2D eigenvalue weighted by Crippen LogP contribution is -2.32. The maximum absolute atomic E-state index is 12.7. The Kier molecular flexibility index (Phi) is 6.31. The van der Waals surface area contributed by atoms with Crippen molar-refractivity contribution in [1.82, 2.24) is 19.6 Å². The van der Waals surface area contributed by atoms with Crippen LogP contribution < -0.4 is 5.32 Å². The Labute approximate surface area is 141 Å². The number of fused-ring (bicyclic) bond motifs is 1. The Morgan fingerprint density at radius 2 is 2.04 bits per heavy atom. The van der Waals surface area contributed by atoms with Crippen LogP contribution in [-0.2, 0) is 4.74 Å². The van der Waals surface area contributed by atoms with Crippen LogP contribution in [0.2, 0.25) is 0 Å². The Morgan fingerprint density at radius 1 is 1.29 bits per heavy atom. The van der Waals surface area contributed by atoms with Crippen molar-refractivity contribution in [3.63, 3.8) is 0 Å². The summed E-state index contributed by atoms with van der Waals surface area (Å²) in [5.74, 6) is -0.204. The molecule has 0 bridgehead atoms. The second kappa shape index (κ2) is 8.44. The number of amides is 2. The van der Waals surface area contributed by atoms with E-state index in [0.29, 0.717) is 31.8 Å². The first kappa shape index (κ1) is 17.9. The predicted molar refractivity (Wildman–Crippen MR) is 91.3 cm³/mol. The van der Waals surface area contributed by atoms with Crippen molar-refractivity contribution in [2.24, 2.45) is 0 Å². The average molecular weight is 332 g/mol. The number of methoxy groups -OCH3 is 1. The number of carbonyl (C=O) groups is 2. The minimum atomic E-state index is -0.284. The first-order valence-electron chi connectivity index (χ1n) is 8.17. The zero-order valence-electron chi connectivity index (χ0n) is 14.4. The highest BCUT2D eigenvalue weighted by Gasteiger charge is 2.23. The number of hydrogen-bond acceptors (Lipinski definition) is 4. The predicted octanol–water partition coefficient (Wildman–Crippen LogP) is 1.58. The highest BCUT2D eigenvalue weighted by molar-refractivity contribution is 6.02. The minimum Gasteiger partial charge on any atom is -0.385 e. The SMILES string of the molecule is CCN(CC)C(=O)c1nc(C(=O)NCCCOC)c2ccccn12. The normalized spacial score (nSPS) is 10.8. The number of imidazole rings is 1. The van der Waals surface area contributed by atoms with Crippen LogP contribution in [0.1, 0.15) is 41.4 Å². The van der Waals surface area contributed by atoms with Crippen LogP contribution in [-0.4, -0.2) is 59.4 Å². The molecule has 7 heteroatoms. The summed E-state index contributed by atoms with van der Waals surface area (Å²) in [7, 11) is 1.62. The Morgan fingerprint density at radius 3 is 2.71 bits per heavy atom. The quantitative estimate of drug-likeness (QED) is 0.745. The number of carbonyl (C=O) groups excluding carboxylic acids is 2. The molecule has 0 radical (unpaired) electrons. The third kappa shape index (κ3) is 3.73. The lowest BCUT2D eigenvalue weighted by atomic mass is 10.3. The van der Waals surface area contributed by atoms with Gasteiger partial charge in [0.05, 0.1) is 5.52 Å². The van der Waals surface area contributed by atoms with E-state index in [1.807, 2.05) is 26.0 Å². The van der Waals surface area contributed by atoms with Crippen LogP contribution in [0.5, 0.6) is 0 Å². The van der Waals surface area contributed by atoms with Gasteiger partial charge in [0.1, 0.15) is 0 Å². The van der Waals surface area contributed by atoms with Gasteiger partial charge in [0.15, 0.2) is 5.69 Å². The molecule has 2 aromatic heterocycles. The molecule has 0 aliphatic heterocycles. The molecule has 0 unspecified atom stereocenters. The van der Waals surface area contributed by atoms with Gasteiger partial charge in [-0.15, -0.1) is 0 Å². The number of nitrogens with one attached hydrogen (secondary N) is 1. The smallest absolute Gasteiger partial charge is 0.290 e. The van der Waals surface area contributed by atoms with E-state index in [1.165, 1.54) is 0 Å². The largest absolute Gasteiger partial charge is 0.385 e. The molecule has 2 amide bonds. The summed E-state index contributed by atoms with van der Waals surface area (Å²) in [6, 6.07) is 5.43. The molecule has 0 saturated carbocycles. The minimum absolute atomic E-state index is 0.181. The number of hydrogen-bond donors (Lipinski definition) is 1. The third-order valence-corrected chi connectivity index (χ3v) is 3.82. The van der Waals surface area contributed by atoms with E-state index in [-0.39, 0.29) is 23.3 Å². The van der Waals surface area contributed by atoms with Gasteiger partial charge in [-0.3, -0.25) is 14.0 Å². The van der Waals surface area contributed by atoms with Crippen molar-refractivity contribution < 1.29 is 14.3 Å². The molecule has 0 fully saturated rings. The summed E-state index contributed by atoms with van der Waals surface area (Å²) in [4.78, 5) is 31.1. The molecule has 2 aromatic rings. The van der Waals surface area contributed by atoms with Gasteiger partial charge < -0.3 is 15.0 Å². The monoisotopic (exact) mass is 332 g/mol. The first-order chi connectivity index (χ1) is 11.6. The second-order valence-corrected chi connectivity index (χ2v) is 5.32. The van der Waals surface area contributed by atoms with E-state index < -0.39 is 0 Å². The highest BCUT2D eigenvalue weighted by Crippen LogP contribution is 2.15. The van der Waals surface area contributed by atoms with Crippen molar-refractivity contribution in [2.75, 3.05) is 33.4 Å². The van der Waals surface area contributed by atoms with E-state index in [0.717, 1.165) is 6.42 Å². The maximum atomic E-state index is 12.7. The number of pyridine rings is 1. The maximum Gasteiger partial charge on any atom is 0.290 e. The van der Waals surface area contributed by atoms with Crippen LogP contribution in [0.25, 0.3) is 5.52 Å². The van der Waals surface area contributed by atoms with Gasteiger partial charge in [-0.25, -0.2) is 4.98 Å². The fourth-order valence-corrected chi connectivity index (χ4v) is 2.51. The van der Waals surface area contributed by atoms with Crippen LogP contribution in [0.4, 0.5) is 0 Å².